The van der Waals surface area contributed by atoms with Gasteiger partial charge in [0.15, 0.2) is 11.5 Å². The van der Waals surface area contributed by atoms with Crippen LogP contribution in [0.1, 0.15) is 28.5 Å². The summed E-state index contributed by atoms with van der Waals surface area (Å²) < 4.78 is 5.39. The van der Waals surface area contributed by atoms with Crippen LogP contribution < -0.4 is 15.4 Å². The number of nitrogens with zero attached hydrogens (tertiary/aromatic N) is 2. The van der Waals surface area contributed by atoms with Gasteiger partial charge in [0.25, 0.3) is 5.91 Å². The van der Waals surface area contributed by atoms with Gasteiger partial charge in [-0.15, -0.1) is 10.2 Å². The summed E-state index contributed by atoms with van der Waals surface area (Å²) >= 11 is 0. The molecule has 6 nitrogen and oxygen atoms in total. The molecular weight excluding hydrogens is 340 g/mol. The Morgan fingerprint density at radius 1 is 0.926 bits per heavy atom. The molecule has 0 saturated carbocycles. The smallest absolute Gasteiger partial charge is 0.276 e. The summed E-state index contributed by atoms with van der Waals surface area (Å²) in [7, 11) is 0. The lowest BCUT2D eigenvalue weighted by Gasteiger charge is -2.09. The number of hydrogen-bond acceptors (Lipinski definition) is 5. The molecule has 6 heteroatoms. The van der Waals surface area contributed by atoms with Gasteiger partial charge in [0, 0.05) is 11.4 Å². The van der Waals surface area contributed by atoms with E-state index in [1.165, 1.54) is 0 Å². The van der Waals surface area contributed by atoms with Gasteiger partial charge in [0.05, 0.1) is 6.61 Å². The van der Waals surface area contributed by atoms with Crippen molar-refractivity contribution in [2.75, 3.05) is 17.2 Å². The van der Waals surface area contributed by atoms with Crippen molar-refractivity contribution >= 4 is 23.1 Å². The molecule has 0 saturated heterocycles. The number of carbonyl (C=O) groups excluding carboxylic acids is 1. The van der Waals surface area contributed by atoms with Gasteiger partial charge in [-0.3, -0.25) is 4.79 Å². The number of nitrogens with one attached hydrogen (secondary N) is 2. The minimum absolute atomic E-state index is 0.245. The van der Waals surface area contributed by atoms with E-state index in [9.17, 15) is 4.79 Å². The predicted octanol–water partition coefficient (Wildman–Crippen LogP) is 4.49. The fourth-order valence-electron chi connectivity index (χ4n) is 2.71. The zero-order valence-corrected chi connectivity index (χ0v) is 15.6. The van der Waals surface area contributed by atoms with Gasteiger partial charge >= 0.3 is 0 Å². The Balaban J connectivity index is 1.64. The van der Waals surface area contributed by atoms with Crippen molar-refractivity contribution in [1.82, 2.24) is 10.2 Å². The van der Waals surface area contributed by atoms with Gasteiger partial charge in [-0.1, -0.05) is 6.07 Å². The maximum absolute atomic E-state index is 12.3. The van der Waals surface area contributed by atoms with Crippen LogP contribution in [-0.2, 0) is 0 Å². The Morgan fingerprint density at radius 3 is 2.22 bits per heavy atom. The second-order valence-corrected chi connectivity index (χ2v) is 6.22. The first kappa shape index (κ1) is 18.4. The molecule has 27 heavy (non-hydrogen) atoms. The quantitative estimate of drug-likeness (QED) is 0.676. The zero-order chi connectivity index (χ0) is 19.2. The van der Waals surface area contributed by atoms with Crippen molar-refractivity contribution in [2.45, 2.75) is 20.8 Å². The Bertz CT molecular complexity index is 902. The summed E-state index contributed by atoms with van der Waals surface area (Å²) in [5.41, 5.74) is 4.18. The molecule has 1 amide bonds. The SMILES string of the molecule is CCOc1ccc(NC(=O)c2ccc(Nc3cc(C)cc(C)c3)nn2)cc1. The first-order valence-corrected chi connectivity index (χ1v) is 8.77. The topological polar surface area (TPSA) is 76.1 Å². The fraction of sp³-hybridized carbons (Fsp3) is 0.190. The lowest BCUT2D eigenvalue weighted by molar-refractivity contribution is 0.102. The molecule has 0 aliphatic rings. The predicted molar refractivity (Wildman–Crippen MR) is 107 cm³/mol. The van der Waals surface area contributed by atoms with Crippen LogP contribution in [0.2, 0.25) is 0 Å². The van der Waals surface area contributed by atoms with Crippen molar-refractivity contribution < 1.29 is 9.53 Å². The number of anilines is 3. The lowest BCUT2D eigenvalue weighted by Crippen LogP contribution is -2.14. The number of aryl methyl sites for hydroxylation is 2. The van der Waals surface area contributed by atoms with E-state index < -0.39 is 0 Å². The van der Waals surface area contributed by atoms with Gasteiger partial charge in [-0.25, -0.2) is 0 Å². The van der Waals surface area contributed by atoms with Crippen LogP contribution in [0.3, 0.4) is 0 Å². The van der Waals surface area contributed by atoms with Crippen LogP contribution in [0.4, 0.5) is 17.2 Å². The molecule has 3 rings (SSSR count). The molecule has 2 aromatic carbocycles. The van der Waals surface area contributed by atoms with E-state index in [4.69, 9.17) is 4.74 Å². The highest BCUT2D eigenvalue weighted by molar-refractivity contribution is 6.02. The third-order valence-corrected chi connectivity index (χ3v) is 3.81. The van der Waals surface area contributed by atoms with Gasteiger partial charge in [0.2, 0.25) is 0 Å². The first-order chi connectivity index (χ1) is 13.0. The number of aromatic nitrogens is 2. The summed E-state index contributed by atoms with van der Waals surface area (Å²) in [4.78, 5) is 12.3. The minimum atomic E-state index is -0.315. The van der Waals surface area contributed by atoms with Crippen LogP contribution in [-0.4, -0.2) is 22.7 Å². The second kappa shape index (κ2) is 8.31. The second-order valence-electron chi connectivity index (χ2n) is 6.22. The average Bonchev–Trinajstić information content (AvgIpc) is 2.63. The third-order valence-electron chi connectivity index (χ3n) is 3.81. The van der Waals surface area contributed by atoms with Gasteiger partial charge < -0.3 is 15.4 Å². The molecule has 0 spiro atoms. The molecule has 0 atom stereocenters. The first-order valence-electron chi connectivity index (χ1n) is 8.77. The van der Waals surface area contributed by atoms with Crippen LogP contribution in [0.5, 0.6) is 5.75 Å². The zero-order valence-electron chi connectivity index (χ0n) is 15.6. The number of ether oxygens (including phenoxy) is 1. The van der Waals surface area contributed by atoms with Crippen molar-refractivity contribution in [3.05, 3.63) is 71.4 Å². The molecule has 138 valence electrons. The molecule has 0 bridgehead atoms. The molecular formula is C21H22N4O2. The molecule has 0 fully saturated rings. The summed E-state index contributed by atoms with van der Waals surface area (Å²) in [6, 6.07) is 16.7. The van der Waals surface area contributed by atoms with Gasteiger partial charge in [-0.2, -0.15) is 0 Å². The van der Waals surface area contributed by atoms with E-state index >= 15 is 0 Å². The standard InChI is InChI=1S/C21H22N4O2/c1-4-27-18-7-5-16(6-8-18)23-21(26)19-9-10-20(25-24-19)22-17-12-14(2)11-15(3)13-17/h5-13H,4H2,1-3H3,(H,22,25)(H,23,26). The van der Waals surface area contributed by atoms with E-state index in [-0.39, 0.29) is 11.6 Å². The number of benzene rings is 2. The minimum Gasteiger partial charge on any atom is -0.494 e. The number of carbonyl (C=O) groups is 1. The summed E-state index contributed by atoms with van der Waals surface area (Å²) in [5, 5.41) is 14.1. The fourth-order valence-corrected chi connectivity index (χ4v) is 2.71. The third kappa shape index (κ3) is 5.04. The molecule has 0 aliphatic carbocycles. The maximum atomic E-state index is 12.3. The van der Waals surface area contributed by atoms with Crippen molar-refractivity contribution in [3.63, 3.8) is 0 Å². The number of amides is 1. The van der Waals surface area contributed by atoms with E-state index in [1.807, 2.05) is 45.0 Å². The van der Waals surface area contributed by atoms with E-state index in [0.717, 1.165) is 22.6 Å². The highest BCUT2D eigenvalue weighted by atomic mass is 16.5. The van der Waals surface area contributed by atoms with Crippen LogP contribution >= 0.6 is 0 Å². The Labute approximate surface area is 158 Å². The van der Waals surface area contributed by atoms with E-state index in [2.05, 4.69) is 26.9 Å². The molecule has 1 aromatic heterocycles. The van der Waals surface area contributed by atoms with Crippen LogP contribution in [0, 0.1) is 13.8 Å². The van der Waals surface area contributed by atoms with Gasteiger partial charge in [-0.05, 0) is 80.4 Å². The van der Waals surface area contributed by atoms with Crippen molar-refractivity contribution in [2.24, 2.45) is 0 Å². The monoisotopic (exact) mass is 362 g/mol. The van der Waals surface area contributed by atoms with Crippen LogP contribution in [0.15, 0.2) is 54.6 Å². The molecule has 0 aliphatic heterocycles. The Hall–Kier alpha value is -3.41. The average molecular weight is 362 g/mol. The van der Waals surface area contributed by atoms with Gasteiger partial charge in [0.1, 0.15) is 5.75 Å². The largest absolute Gasteiger partial charge is 0.494 e. The summed E-state index contributed by atoms with van der Waals surface area (Å²) in [6.07, 6.45) is 0. The van der Waals surface area contributed by atoms with Crippen molar-refractivity contribution in [3.8, 4) is 5.75 Å². The summed E-state index contributed by atoms with van der Waals surface area (Å²) in [5.74, 6) is 1.03. The highest BCUT2D eigenvalue weighted by Gasteiger charge is 2.09. The Morgan fingerprint density at radius 2 is 1.63 bits per heavy atom. The molecule has 3 aromatic rings. The number of hydrogen-bond donors (Lipinski definition) is 2. The van der Waals surface area contributed by atoms with E-state index in [0.29, 0.717) is 18.1 Å². The van der Waals surface area contributed by atoms with Crippen molar-refractivity contribution in [1.29, 1.82) is 0 Å². The Kier molecular flexibility index (Phi) is 5.66. The molecule has 0 radical (unpaired) electrons. The highest BCUT2D eigenvalue weighted by Crippen LogP contribution is 2.19. The molecule has 2 N–H and O–H groups in total. The van der Waals surface area contributed by atoms with Crippen LogP contribution in [0.25, 0.3) is 0 Å². The van der Waals surface area contributed by atoms with E-state index in [1.54, 1.807) is 24.3 Å². The molecule has 0 unspecified atom stereocenters. The summed E-state index contributed by atoms with van der Waals surface area (Å²) in [6.45, 7) is 6.60. The number of rotatable bonds is 6. The normalized spacial score (nSPS) is 10.3. The lowest BCUT2D eigenvalue weighted by atomic mass is 10.1. The maximum Gasteiger partial charge on any atom is 0.276 e. The molecule has 1 heterocycles.